The van der Waals surface area contributed by atoms with Crippen molar-refractivity contribution < 1.29 is 9.18 Å². The Morgan fingerprint density at radius 1 is 1.09 bits per heavy atom. The summed E-state index contributed by atoms with van der Waals surface area (Å²) < 4.78 is 14.7. The van der Waals surface area contributed by atoms with Crippen LogP contribution in [0.3, 0.4) is 0 Å². The lowest BCUT2D eigenvalue weighted by molar-refractivity contribution is 0.0995. The predicted molar refractivity (Wildman–Crippen MR) is 82.2 cm³/mol. The fourth-order valence-corrected chi connectivity index (χ4v) is 2.21. The number of amides is 1. The molecule has 0 radical (unpaired) electrons. The first kappa shape index (κ1) is 14.0. The monoisotopic (exact) mass is 295 g/mol. The van der Waals surface area contributed by atoms with E-state index in [0.29, 0.717) is 5.69 Å². The summed E-state index contributed by atoms with van der Waals surface area (Å²) in [5.74, 6) is -0.933. The molecule has 0 saturated heterocycles. The van der Waals surface area contributed by atoms with E-state index in [2.05, 4.69) is 5.10 Å². The normalized spacial score (nSPS) is 10.6. The molecule has 2 N–H and O–H groups in total. The van der Waals surface area contributed by atoms with E-state index in [0.717, 1.165) is 16.8 Å². The minimum atomic E-state index is -0.603. The van der Waals surface area contributed by atoms with Crippen LogP contribution in [0.15, 0.2) is 54.6 Å². The summed E-state index contributed by atoms with van der Waals surface area (Å²) in [4.78, 5) is 11.4. The summed E-state index contributed by atoms with van der Waals surface area (Å²) in [6.45, 7) is 2.00. The van der Waals surface area contributed by atoms with Gasteiger partial charge in [0.05, 0.1) is 11.4 Å². The third-order valence-corrected chi connectivity index (χ3v) is 3.38. The zero-order valence-corrected chi connectivity index (χ0v) is 12.0. The smallest absolute Gasteiger partial charge is 0.269 e. The summed E-state index contributed by atoms with van der Waals surface area (Å²) in [5.41, 5.74) is 8.90. The van der Waals surface area contributed by atoms with Crippen molar-refractivity contribution in [2.75, 3.05) is 0 Å². The van der Waals surface area contributed by atoms with E-state index in [1.54, 1.807) is 22.9 Å². The van der Waals surface area contributed by atoms with Crippen molar-refractivity contribution in [1.29, 1.82) is 0 Å². The molecule has 1 amide bonds. The second-order valence-corrected chi connectivity index (χ2v) is 5.03. The molecule has 3 rings (SSSR count). The lowest BCUT2D eigenvalue weighted by atomic mass is 10.1. The maximum Gasteiger partial charge on any atom is 0.269 e. The van der Waals surface area contributed by atoms with Crippen LogP contribution in [0.25, 0.3) is 16.9 Å². The van der Waals surface area contributed by atoms with Gasteiger partial charge in [-0.3, -0.25) is 4.79 Å². The highest BCUT2D eigenvalue weighted by Crippen LogP contribution is 2.24. The number of carbonyl (C=O) groups excluding carboxylic acids is 1. The molecule has 110 valence electrons. The Hall–Kier alpha value is -2.95. The van der Waals surface area contributed by atoms with Gasteiger partial charge < -0.3 is 5.73 Å². The highest BCUT2D eigenvalue weighted by atomic mass is 19.1. The zero-order valence-electron chi connectivity index (χ0n) is 12.0. The van der Waals surface area contributed by atoms with Crippen molar-refractivity contribution >= 4 is 5.91 Å². The number of aryl methyl sites for hydroxylation is 1. The van der Waals surface area contributed by atoms with Crippen LogP contribution in [0, 0.1) is 12.7 Å². The molecular formula is C17H14FN3O. The van der Waals surface area contributed by atoms with Gasteiger partial charge in [0.25, 0.3) is 5.91 Å². The SMILES string of the molecule is Cc1ccc(-c2cc(C(N)=O)nn2-c2ccc(F)cc2)cc1. The summed E-state index contributed by atoms with van der Waals surface area (Å²) in [5, 5.41) is 4.23. The first-order valence-corrected chi connectivity index (χ1v) is 6.77. The van der Waals surface area contributed by atoms with E-state index in [9.17, 15) is 9.18 Å². The molecule has 1 aromatic heterocycles. The van der Waals surface area contributed by atoms with E-state index >= 15 is 0 Å². The predicted octanol–water partition coefficient (Wildman–Crippen LogP) is 3.09. The topological polar surface area (TPSA) is 60.9 Å². The van der Waals surface area contributed by atoms with Crippen LogP contribution < -0.4 is 5.73 Å². The first-order valence-electron chi connectivity index (χ1n) is 6.77. The maximum atomic E-state index is 13.1. The second kappa shape index (κ2) is 5.44. The Bertz CT molecular complexity index is 757. The van der Waals surface area contributed by atoms with Gasteiger partial charge >= 0.3 is 0 Å². The lowest BCUT2D eigenvalue weighted by Crippen LogP contribution is -2.12. The standard InChI is InChI=1S/C17H14FN3O/c1-11-2-4-12(5-3-11)16-10-15(17(19)22)20-21(16)14-8-6-13(18)7-9-14/h2-10H,1H3,(H2,19,22). The third kappa shape index (κ3) is 2.61. The summed E-state index contributed by atoms with van der Waals surface area (Å²) >= 11 is 0. The highest BCUT2D eigenvalue weighted by molar-refractivity contribution is 5.92. The van der Waals surface area contributed by atoms with Gasteiger partial charge in [-0.1, -0.05) is 29.8 Å². The second-order valence-electron chi connectivity index (χ2n) is 5.03. The Morgan fingerprint density at radius 3 is 2.32 bits per heavy atom. The van der Waals surface area contributed by atoms with E-state index < -0.39 is 5.91 Å². The van der Waals surface area contributed by atoms with Gasteiger partial charge in [-0.25, -0.2) is 9.07 Å². The van der Waals surface area contributed by atoms with Crippen molar-refractivity contribution in [2.24, 2.45) is 5.73 Å². The molecule has 1 heterocycles. The minimum Gasteiger partial charge on any atom is -0.364 e. The fourth-order valence-electron chi connectivity index (χ4n) is 2.21. The molecule has 4 nitrogen and oxygen atoms in total. The van der Waals surface area contributed by atoms with Gasteiger partial charge in [0, 0.05) is 5.56 Å². The van der Waals surface area contributed by atoms with Crippen molar-refractivity contribution in [2.45, 2.75) is 6.92 Å². The Labute approximate surface area is 127 Å². The number of primary amides is 1. The Morgan fingerprint density at radius 2 is 1.73 bits per heavy atom. The summed E-state index contributed by atoms with van der Waals surface area (Å²) in [6.07, 6.45) is 0. The van der Waals surface area contributed by atoms with Crippen LogP contribution in [-0.4, -0.2) is 15.7 Å². The van der Waals surface area contributed by atoms with E-state index in [-0.39, 0.29) is 11.5 Å². The molecule has 3 aromatic rings. The van der Waals surface area contributed by atoms with Gasteiger partial charge in [-0.15, -0.1) is 0 Å². The molecule has 22 heavy (non-hydrogen) atoms. The van der Waals surface area contributed by atoms with Crippen molar-refractivity contribution in [3.63, 3.8) is 0 Å². The van der Waals surface area contributed by atoms with Crippen molar-refractivity contribution in [3.8, 4) is 16.9 Å². The Balaban J connectivity index is 2.17. The molecule has 0 atom stereocenters. The molecule has 0 spiro atoms. The lowest BCUT2D eigenvalue weighted by Gasteiger charge is -2.07. The zero-order chi connectivity index (χ0) is 15.7. The number of nitrogens with zero attached hydrogens (tertiary/aromatic N) is 2. The molecule has 0 unspecified atom stereocenters. The Kier molecular flexibility index (Phi) is 3.47. The number of halogens is 1. The number of nitrogens with two attached hydrogens (primary N) is 1. The van der Waals surface area contributed by atoms with E-state index in [1.165, 1.54) is 12.1 Å². The van der Waals surface area contributed by atoms with Gasteiger partial charge in [0.1, 0.15) is 5.82 Å². The fraction of sp³-hybridized carbons (Fsp3) is 0.0588. The number of carbonyl (C=O) groups is 1. The van der Waals surface area contributed by atoms with Gasteiger partial charge in [-0.05, 0) is 37.3 Å². The van der Waals surface area contributed by atoms with Gasteiger partial charge in [0.2, 0.25) is 0 Å². The molecule has 0 bridgehead atoms. The van der Waals surface area contributed by atoms with E-state index in [1.807, 2.05) is 31.2 Å². The van der Waals surface area contributed by atoms with Crippen molar-refractivity contribution in [3.05, 3.63) is 71.7 Å². The van der Waals surface area contributed by atoms with Gasteiger partial charge in [-0.2, -0.15) is 5.10 Å². The summed E-state index contributed by atoms with van der Waals surface area (Å²) in [7, 11) is 0. The maximum absolute atomic E-state index is 13.1. The average molecular weight is 295 g/mol. The van der Waals surface area contributed by atoms with Crippen LogP contribution in [-0.2, 0) is 0 Å². The molecule has 0 saturated carbocycles. The van der Waals surface area contributed by atoms with Crippen molar-refractivity contribution in [1.82, 2.24) is 9.78 Å². The molecule has 5 heteroatoms. The van der Waals surface area contributed by atoms with Crippen LogP contribution in [0.5, 0.6) is 0 Å². The summed E-state index contributed by atoms with van der Waals surface area (Å²) in [6, 6.07) is 15.4. The van der Waals surface area contributed by atoms with Crippen LogP contribution in [0.1, 0.15) is 16.1 Å². The molecule has 2 aromatic carbocycles. The molecule has 0 aliphatic rings. The van der Waals surface area contributed by atoms with Gasteiger partial charge in [0.15, 0.2) is 5.69 Å². The van der Waals surface area contributed by atoms with Crippen LogP contribution >= 0.6 is 0 Å². The number of rotatable bonds is 3. The average Bonchev–Trinajstić information content (AvgIpc) is 2.94. The quantitative estimate of drug-likeness (QED) is 0.807. The largest absolute Gasteiger partial charge is 0.364 e. The third-order valence-electron chi connectivity index (χ3n) is 3.38. The van der Waals surface area contributed by atoms with E-state index in [4.69, 9.17) is 5.73 Å². The molecule has 0 aliphatic carbocycles. The first-order chi connectivity index (χ1) is 10.5. The number of aromatic nitrogens is 2. The molecular weight excluding hydrogens is 281 g/mol. The number of benzene rings is 2. The highest BCUT2D eigenvalue weighted by Gasteiger charge is 2.14. The molecule has 0 aliphatic heterocycles. The molecule has 0 fully saturated rings. The minimum absolute atomic E-state index is 0.167. The number of hydrogen-bond acceptors (Lipinski definition) is 2. The number of hydrogen-bond donors (Lipinski definition) is 1. The van der Waals surface area contributed by atoms with Crippen LogP contribution in [0.2, 0.25) is 0 Å². The van der Waals surface area contributed by atoms with Crippen LogP contribution in [0.4, 0.5) is 4.39 Å².